The van der Waals surface area contributed by atoms with Crippen LogP contribution in [0.1, 0.15) is 22.3 Å². The van der Waals surface area contributed by atoms with Gasteiger partial charge in [-0.2, -0.15) is 5.10 Å². The van der Waals surface area contributed by atoms with Crippen LogP contribution in [0.25, 0.3) is 11.3 Å². The van der Waals surface area contributed by atoms with Crippen LogP contribution >= 0.6 is 0 Å². The summed E-state index contributed by atoms with van der Waals surface area (Å²) in [6, 6.07) is 17.2. The number of hydrogen-bond acceptors (Lipinski definition) is 3. The summed E-state index contributed by atoms with van der Waals surface area (Å²) in [5.41, 5.74) is 7.22. The number of H-pyrrole nitrogens is 1. The zero-order chi connectivity index (χ0) is 18.5. The highest BCUT2D eigenvalue weighted by atomic mass is 15.1. The molecule has 2 aromatic carbocycles. The van der Waals surface area contributed by atoms with Gasteiger partial charge < -0.3 is 9.88 Å². The van der Waals surface area contributed by atoms with Gasteiger partial charge in [0.25, 0.3) is 0 Å². The molecule has 0 amide bonds. The van der Waals surface area contributed by atoms with E-state index in [1.165, 1.54) is 22.3 Å². The summed E-state index contributed by atoms with van der Waals surface area (Å²) in [6.45, 7) is 4.52. The van der Waals surface area contributed by atoms with E-state index in [1.54, 1.807) is 0 Å². The maximum Gasteiger partial charge on any atom is 0.0949 e. The van der Waals surface area contributed by atoms with E-state index >= 15 is 0 Å². The molecule has 5 nitrogen and oxygen atoms in total. The Bertz CT molecular complexity index is 984. The highest BCUT2D eigenvalue weighted by molar-refractivity contribution is 5.62. The van der Waals surface area contributed by atoms with Crippen LogP contribution in [0, 0.1) is 6.92 Å². The van der Waals surface area contributed by atoms with Gasteiger partial charge >= 0.3 is 0 Å². The van der Waals surface area contributed by atoms with Crippen molar-refractivity contribution >= 4 is 0 Å². The molecule has 4 rings (SSSR count). The number of aryl methyl sites for hydroxylation is 1. The molecule has 0 spiro atoms. The predicted octanol–water partition coefficient (Wildman–Crippen LogP) is 3.92. The van der Waals surface area contributed by atoms with Gasteiger partial charge in [-0.15, -0.1) is 0 Å². The van der Waals surface area contributed by atoms with E-state index in [4.69, 9.17) is 0 Å². The minimum atomic E-state index is 0.769. The molecule has 0 atom stereocenters. The second kappa shape index (κ2) is 8.01. The van der Waals surface area contributed by atoms with E-state index in [0.717, 1.165) is 30.9 Å². The first-order valence-electron chi connectivity index (χ1n) is 9.11. The third kappa shape index (κ3) is 4.33. The van der Waals surface area contributed by atoms with Gasteiger partial charge in [0, 0.05) is 37.6 Å². The molecular formula is C22H23N5. The Morgan fingerprint density at radius 2 is 1.89 bits per heavy atom. The summed E-state index contributed by atoms with van der Waals surface area (Å²) in [5.74, 6) is 0. The van der Waals surface area contributed by atoms with Crippen LogP contribution in [-0.2, 0) is 19.6 Å². The fraction of sp³-hybridized carbons (Fsp3) is 0.182. The zero-order valence-corrected chi connectivity index (χ0v) is 15.4. The Hall–Kier alpha value is -3.18. The zero-order valence-electron chi connectivity index (χ0n) is 15.4. The maximum atomic E-state index is 4.23. The molecule has 0 aliphatic heterocycles. The first-order chi connectivity index (χ1) is 13.3. The first-order valence-corrected chi connectivity index (χ1v) is 9.11. The Morgan fingerprint density at radius 1 is 1.04 bits per heavy atom. The van der Waals surface area contributed by atoms with Crippen LogP contribution in [0.15, 0.2) is 73.4 Å². The molecular weight excluding hydrogens is 334 g/mol. The SMILES string of the molecule is Cc1ccc(-c2[nH]ncc2CNCc2cccc(Cn3ccnc3)c2)cc1. The number of nitrogens with one attached hydrogen (secondary N) is 2. The molecule has 0 bridgehead atoms. The maximum absolute atomic E-state index is 4.23. The highest BCUT2D eigenvalue weighted by Gasteiger charge is 2.07. The lowest BCUT2D eigenvalue weighted by atomic mass is 10.1. The molecule has 0 saturated carbocycles. The fourth-order valence-corrected chi connectivity index (χ4v) is 3.19. The van der Waals surface area contributed by atoms with E-state index in [1.807, 2.05) is 24.9 Å². The minimum Gasteiger partial charge on any atom is -0.333 e. The van der Waals surface area contributed by atoms with Gasteiger partial charge in [-0.05, 0) is 23.6 Å². The number of imidazole rings is 1. The second-order valence-corrected chi connectivity index (χ2v) is 6.79. The quantitative estimate of drug-likeness (QED) is 0.527. The number of aromatic nitrogens is 4. The molecule has 2 heterocycles. The van der Waals surface area contributed by atoms with Gasteiger partial charge in [0.1, 0.15) is 0 Å². The average Bonchev–Trinajstić information content (AvgIpc) is 3.35. The number of rotatable bonds is 7. The van der Waals surface area contributed by atoms with Crippen molar-refractivity contribution in [3.8, 4) is 11.3 Å². The van der Waals surface area contributed by atoms with Crippen molar-refractivity contribution in [3.63, 3.8) is 0 Å². The Kier molecular flexibility index (Phi) is 5.12. The monoisotopic (exact) mass is 357 g/mol. The third-order valence-corrected chi connectivity index (χ3v) is 4.62. The van der Waals surface area contributed by atoms with Crippen LogP contribution in [0.5, 0.6) is 0 Å². The number of aromatic amines is 1. The van der Waals surface area contributed by atoms with Gasteiger partial charge in [0.05, 0.1) is 18.2 Å². The first kappa shape index (κ1) is 17.2. The topological polar surface area (TPSA) is 58.5 Å². The normalized spacial score (nSPS) is 11.0. The van der Waals surface area contributed by atoms with E-state index in [-0.39, 0.29) is 0 Å². The van der Waals surface area contributed by atoms with Crippen molar-refractivity contribution < 1.29 is 0 Å². The molecule has 0 aliphatic rings. The number of nitrogens with zero attached hydrogens (tertiary/aromatic N) is 3. The molecule has 2 N–H and O–H groups in total. The van der Waals surface area contributed by atoms with Gasteiger partial charge in [-0.3, -0.25) is 5.10 Å². The Morgan fingerprint density at radius 3 is 2.70 bits per heavy atom. The van der Waals surface area contributed by atoms with Crippen molar-refractivity contribution in [3.05, 3.63) is 95.7 Å². The summed E-state index contributed by atoms with van der Waals surface area (Å²) in [5, 5.41) is 10.9. The summed E-state index contributed by atoms with van der Waals surface area (Å²) in [7, 11) is 0. The van der Waals surface area contributed by atoms with Crippen LogP contribution in [0.4, 0.5) is 0 Å². The van der Waals surface area contributed by atoms with Gasteiger partial charge in [0.2, 0.25) is 0 Å². The lowest BCUT2D eigenvalue weighted by molar-refractivity contribution is 0.692. The lowest BCUT2D eigenvalue weighted by Crippen LogP contribution is -2.13. The summed E-state index contributed by atoms with van der Waals surface area (Å²) in [4.78, 5) is 4.10. The van der Waals surface area contributed by atoms with Crippen LogP contribution in [0.2, 0.25) is 0 Å². The number of hydrogen-bond donors (Lipinski definition) is 2. The summed E-state index contributed by atoms with van der Waals surface area (Å²) >= 11 is 0. The van der Waals surface area contributed by atoms with E-state index in [0.29, 0.717) is 0 Å². The smallest absolute Gasteiger partial charge is 0.0949 e. The largest absolute Gasteiger partial charge is 0.333 e. The molecule has 136 valence electrons. The molecule has 4 aromatic rings. The predicted molar refractivity (Wildman–Crippen MR) is 107 cm³/mol. The molecule has 0 aliphatic carbocycles. The molecule has 0 fully saturated rings. The van der Waals surface area contributed by atoms with Crippen molar-refractivity contribution in [2.45, 2.75) is 26.6 Å². The summed E-state index contributed by atoms with van der Waals surface area (Å²) in [6.07, 6.45) is 7.53. The van der Waals surface area contributed by atoms with Gasteiger partial charge in [-0.1, -0.05) is 54.1 Å². The molecule has 27 heavy (non-hydrogen) atoms. The van der Waals surface area contributed by atoms with Crippen LogP contribution < -0.4 is 5.32 Å². The molecule has 0 saturated heterocycles. The van der Waals surface area contributed by atoms with E-state index in [9.17, 15) is 0 Å². The molecule has 5 heteroatoms. The molecule has 0 unspecified atom stereocenters. The van der Waals surface area contributed by atoms with Crippen LogP contribution in [-0.4, -0.2) is 19.7 Å². The standard InChI is InChI=1S/C22H23N5/c1-17-5-7-20(8-6-17)22-21(14-25-26-22)13-24-12-18-3-2-4-19(11-18)15-27-10-9-23-16-27/h2-11,14,16,24H,12-13,15H2,1H3,(H,25,26). The fourth-order valence-electron chi connectivity index (χ4n) is 3.19. The minimum absolute atomic E-state index is 0.769. The molecule has 0 radical (unpaired) electrons. The van der Waals surface area contributed by atoms with Crippen LogP contribution in [0.3, 0.4) is 0 Å². The third-order valence-electron chi connectivity index (χ3n) is 4.62. The van der Waals surface area contributed by atoms with E-state index in [2.05, 4.69) is 80.5 Å². The summed E-state index contributed by atoms with van der Waals surface area (Å²) < 4.78 is 2.08. The van der Waals surface area contributed by atoms with Gasteiger partial charge in [-0.25, -0.2) is 4.98 Å². The Balaban J connectivity index is 1.38. The van der Waals surface area contributed by atoms with Crippen molar-refractivity contribution in [2.75, 3.05) is 0 Å². The van der Waals surface area contributed by atoms with Crippen molar-refractivity contribution in [1.82, 2.24) is 25.1 Å². The average molecular weight is 357 g/mol. The van der Waals surface area contributed by atoms with Crippen molar-refractivity contribution in [1.29, 1.82) is 0 Å². The van der Waals surface area contributed by atoms with Crippen molar-refractivity contribution in [2.24, 2.45) is 0 Å². The highest BCUT2D eigenvalue weighted by Crippen LogP contribution is 2.21. The lowest BCUT2D eigenvalue weighted by Gasteiger charge is -2.08. The van der Waals surface area contributed by atoms with E-state index < -0.39 is 0 Å². The number of benzene rings is 2. The second-order valence-electron chi connectivity index (χ2n) is 6.79. The molecule has 2 aromatic heterocycles. The Labute approximate surface area is 159 Å². The van der Waals surface area contributed by atoms with Gasteiger partial charge in [0.15, 0.2) is 0 Å².